The fraction of sp³-hybridized carbons (Fsp3) is 0.545. The number of ether oxygens (including phenoxy) is 2. The molecule has 0 bridgehead atoms. The van der Waals surface area contributed by atoms with Crippen LogP contribution in [0.2, 0.25) is 0 Å². The van der Waals surface area contributed by atoms with Gasteiger partial charge in [-0.25, -0.2) is 0 Å². The Balaban J connectivity index is 2.58. The van der Waals surface area contributed by atoms with E-state index in [0.717, 1.165) is 17.8 Å². The molecule has 1 rings (SSSR count). The molecular formula is C11H16O4. The molecule has 1 N–H and O–H groups in total. The van der Waals surface area contributed by atoms with Crippen LogP contribution in [0.5, 0.6) is 0 Å². The van der Waals surface area contributed by atoms with Crippen molar-refractivity contribution in [2.24, 2.45) is 0 Å². The molecule has 0 aromatic heterocycles. The van der Waals surface area contributed by atoms with Gasteiger partial charge < -0.3 is 14.6 Å². The van der Waals surface area contributed by atoms with Gasteiger partial charge in [0.05, 0.1) is 7.11 Å². The number of methoxy groups -OCH3 is 2. The Morgan fingerprint density at radius 3 is 2.87 bits per heavy atom. The van der Waals surface area contributed by atoms with Crippen LogP contribution in [0.3, 0.4) is 0 Å². The number of carbonyl (C=O) groups is 1. The first kappa shape index (κ1) is 11.8. The molecule has 0 spiro atoms. The van der Waals surface area contributed by atoms with Crippen LogP contribution in [0.1, 0.15) is 19.3 Å². The number of allylic oxidation sites excluding steroid dienone is 2. The first-order valence-electron chi connectivity index (χ1n) is 4.86. The molecule has 0 aromatic carbocycles. The minimum atomic E-state index is -0.780. The topological polar surface area (TPSA) is 55.8 Å². The van der Waals surface area contributed by atoms with Gasteiger partial charge in [0.2, 0.25) is 0 Å². The average molecular weight is 212 g/mol. The van der Waals surface area contributed by atoms with Crippen LogP contribution in [0.25, 0.3) is 0 Å². The van der Waals surface area contributed by atoms with E-state index in [4.69, 9.17) is 14.6 Å². The quantitative estimate of drug-likeness (QED) is 0.754. The zero-order valence-electron chi connectivity index (χ0n) is 9.03. The second-order valence-electron chi connectivity index (χ2n) is 3.38. The van der Waals surface area contributed by atoms with Gasteiger partial charge in [-0.3, -0.25) is 4.79 Å². The molecule has 15 heavy (non-hydrogen) atoms. The van der Waals surface area contributed by atoms with E-state index in [1.807, 2.05) is 12.2 Å². The number of hydrogen-bond acceptors (Lipinski definition) is 3. The van der Waals surface area contributed by atoms with Crippen molar-refractivity contribution in [1.82, 2.24) is 0 Å². The lowest BCUT2D eigenvalue weighted by Gasteiger charge is -2.21. The number of hydrogen-bond donors (Lipinski definition) is 1. The van der Waals surface area contributed by atoms with Gasteiger partial charge in [-0.15, -0.1) is 0 Å². The SMILES string of the molecule is COC1=CC(CCC(=O)O)=CCC1OC. The second kappa shape index (κ2) is 5.56. The highest BCUT2D eigenvalue weighted by atomic mass is 16.5. The van der Waals surface area contributed by atoms with Crippen molar-refractivity contribution in [3.63, 3.8) is 0 Å². The first-order chi connectivity index (χ1) is 7.17. The zero-order chi connectivity index (χ0) is 11.3. The van der Waals surface area contributed by atoms with Crippen LogP contribution >= 0.6 is 0 Å². The molecule has 0 heterocycles. The molecule has 4 heteroatoms. The molecule has 0 saturated carbocycles. The fourth-order valence-electron chi connectivity index (χ4n) is 1.54. The molecule has 1 aliphatic rings. The van der Waals surface area contributed by atoms with Gasteiger partial charge >= 0.3 is 5.97 Å². The molecular weight excluding hydrogens is 196 g/mol. The Kier molecular flexibility index (Phi) is 4.37. The Morgan fingerprint density at radius 1 is 1.60 bits per heavy atom. The maximum Gasteiger partial charge on any atom is 0.303 e. The second-order valence-corrected chi connectivity index (χ2v) is 3.38. The summed E-state index contributed by atoms with van der Waals surface area (Å²) in [6.45, 7) is 0. The number of aliphatic carboxylic acids is 1. The number of carboxylic acids is 1. The summed E-state index contributed by atoms with van der Waals surface area (Å²) in [5.74, 6) is -0.0162. The highest BCUT2D eigenvalue weighted by Gasteiger charge is 2.18. The maximum atomic E-state index is 10.4. The molecule has 0 aromatic rings. The molecule has 1 atom stereocenters. The maximum absolute atomic E-state index is 10.4. The van der Waals surface area contributed by atoms with E-state index in [9.17, 15) is 4.79 Å². The average Bonchev–Trinajstić information content (AvgIpc) is 2.25. The van der Waals surface area contributed by atoms with Gasteiger partial charge in [0.15, 0.2) is 0 Å². The lowest BCUT2D eigenvalue weighted by molar-refractivity contribution is -0.136. The van der Waals surface area contributed by atoms with E-state index in [0.29, 0.717) is 6.42 Å². The van der Waals surface area contributed by atoms with Crippen LogP contribution in [0, 0.1) is 0 Å². The minimum Gasteiger partial charge on any atom is -0.498 e. The summed E-state index contributed by atoms with van der Waals surface area (Å²) in [6.07, 6.45) is 5.25. The van der Waals surface area contributed by atoms with Crippen molar-refractivity contribution >= 4 is 5.97 Å². The highest BCUT2D eigenvalue weighted by Crippen LogP contribution is 2.23. The van der Waals surface area contributed by atoms with E-state index < -0.39 is 5.97 Å². The molecule has 0 saturated heterocycles. The smallest absolute Gasteiger partial charge is 0.303 e. The minimum absolute atomic E-state index is 0.0384. The zero-order valence-corrected chi connectivity index (χ0v) is 9.03. The summed E-state index contributed by atoms with van der Waals surface area (Å²) in [4.78, 5) is 10.4. The summed E-state index contributed by atoms with van der Waals surface area (Å²) in [5.41, 5.74) is 1.00. The first-order valence-corrected chi connectivity index (χ1v) is 4.86. The van der Waals surface area contributed by atoms with E-state index >= 15 is 0 Å². The van der Waals surface area contributed by atoms with Gasteiger partial charge in [-0.1, -0.05) is 6.08 Å². The predicted octanol–water partition coefficient (Wildman–Crippen LogP) is 1.73. The number of carboxylic acid groups (broad SMARTS) is 1. The van der Waals surface area contributed by atoms with E-state index in [-0.39, 0.29) is 12.5 Å². The highest BCUT2D eigenvalue weighted by molar-refractivity contribution is 5.67. The Bertz CT molecular complexity index is 291. The van der Waals surface area contributed by atoms with Gasteiger partial charge in [0, 0.05) is 13.5 Å². The van der Waals surface area contributed by atoms with Crippen LogP contribution in [-0.2, 0) is 14.3 Å². The number of rotatable bonds is 5. The summed E-state index contributed by atoms with van der Waals surface area (Å²) in [6, 6.07) is 0. The third kappa shape index (κ3) is 3.40. The van der Waals surface area contributed by atoms with E-state index in [1.165, 1.54) is 0 Å². The van der Waals surface area contributed by atoms with Crippen LogP contribution < -0.4 is 0 Å². The largest absolute Gasteiger partial charge is 0.498 e. The summed E-state index contributed by atoms with van der Waals surface area (Å²) in [7, 11) is 3.23. The molecule has 1 unspecified atom stereocenters. The Hall–Kier alpha value is -1.29. The summed E-state index contributed by atoms with van der Waals surface area (Å²) in [5, 5.41) is 8.56. The lowest BCUT2D eigenvalue weighted by atomic mass is 9.99. The van der Waals surface area contributed by atoms with Crippen molar-refractivity contribution in [2.45, 2.75) is 25.4 Å². The molecule has 4 nitrogen and oxygen atoms in total. The van der Waals surface area contributed by atoms with Gasteiger partial charge in [-0.05, 0) is 24.5 Å². The van der Waals surface area contributed by atoms with Crippen molar-refractivity contribution in [2.75, 3.05) is 14.2 Å². The fourth-order valence-corrected chi connectivity index (χ4v) is 1.54. The summed E-state index contributed by atoms with van der Waals surface area (Å²) >= 11 is 0. The molecule has 0 aliphatic heterocycles. The van der Waals surface area contributed by atoms with Gasteiger partial charge in [0.25, 0.3) is 0 Å². The van der Waals surface area contributed by atoms with E-state index in [1.54, 1.807) is 14.2 Å². The monoisotopic (exact) mass is 212 g/mol. The third-order valence-corrected chi connectivity index (χ3v) is 2.39. The Morgan fingerprint density at radius 2 is 2.33 bits per heavy atom. The standard InChI is InChI=1S/C11H16O4/c1-14-9-5-3-8(4-6-11(12)13)7-10(9)15-2/h3,7,9H,4-6H2,1-2H3,(H,12,13). The molecule has 1 aliphatic carbocycles. The van der Waals surface area contributed by atoms with E-state index in [2.05, 4.69) is 0 Å². The van der Waals surface area contributed by atoms with Crippen molar-refractivity contribution in [1.29, 1.82) is 0 Å². The normalized spacial score (nSPS) is 20.5. The molecule has 0 fully saturated rings. The predicted molar refractivity (Wildman–Crippen MR) is 55.5 cm³/mol. The van der Waals surface area contributed by atoms with Crippen molar-refractivity contribution in [3.05, 3.63) is 23.5 Å². The van der Waals surface area contributed by atoms with Crippen LogP contribution in [0.4, 0.5) is 0 Å². The third-order valence-electron chi connectivity index (χ3n) is 2.39. The Labute approximate surface area is 89.2 Å². The van der Waals surface area contributed by atoms with Crippen LogP contribution in [0.15, 0.2) is 23.5 Å². The summed E-state index contributed by atoms with van der Waals surface area (Å²) < 4.78 is 10.4. The van der Waals surface area contributed by atoms with Crippen LogP contribution in [-0.4, -0.2) is 31.4 Å². The van der Waals surface area contributed by atoms with Crippen molar-refractivity contribution < 1.29 is 19.4 Å². The van der Waals surface area contributed by atoms with Crippen molar-refractivity contribution in [3.8, 4) is 0 Å². The lowest BCUT2D eigenvalue weighted by Crippen LogP contribution is -2.17. The molecule has 0 radical (unpaired) electrons. The molecule has 84 valence electrons. The van der Waals surface area contributed by atoms with Gasteiger partial charge in [-0.2, -0.15) is 0 Å². The van der Waals surface area contributed by atoms with Gasteiger partial charge in [0.1, 0.15) is 11.9 Å². The molecule has 0 amide bonds.